The molecule has 0 saturated heterocycles. The minimum atomic E-state index is -2.66. The highest BCUT2D eigenvalue weighted by Crippen LogP contribution is 2.37. The molecular weight excluding hydrogens is 272 g/mol. The molecule has 0 aromatic rings. The average molecular weight is 286 g/mol. The number of ether oxygens (including phenoxy) is 2. The van der Waals surface area contributed by atoms with E-state index in [9.17, 15) is 29.4 Å². The SMILES string of the molecule is C=CCC(OC=O)(C(=O)O)C(CC=C)(OC=O)C(=O)O. The van der Waals surface area contributed by atoms with Crippen molar-refractivity contribution >= 4 is 24.9 Å². The van der Waals surface area contributed by atoms with Crippen LogP contribution in [0.15, 0.2) is 25.3 Å². The van der Waals surface area contributed by atoms with Gasteiger partial charge in [0.15, 0.2) is 0 Å². The van der Waals surface area contributed by atoms with E-state index in [1.54, 1.807) is 0 Å². The molecule has 0 spiro atoms. The molecule has 0 heterocycles. The van der Waals surface area contributed by atoms with Crippen molar-refractivity contribution in [3.05, 3.63) is 25.3 Å². The third-order valence-electron chi connectivity index (χ3n) is 2.71. The van der Waals surface area contributed by atoms with Crippen LogP contribution in [0.2, 0.25) is 0 Å². The molecule has 8 nitrogen and oxygen atoms in total. The van der Waals surface area contributed by atoms with Crippen LogP contribution < -0.4 is 0 Å². The molecule has 20 heavy (non-hydrogen) atoms. The van der Waals surface area contributed by atoms with Gasteiger partial charge in [0, 0.05) is 12.8 Å². The van der Waals surface area contributed by atoms with Crippen LogP contribution in [0.4, 0.5) is 0 Å². The Kier molecular flexibility index (Phi) is 6.14. The van der Waals surface area contributed by atoms with E-state index in [-0.39, 0.29) is 12.9 Å². The molecule has 0 aromatic carbocycles. The Hall–Kier alpha value is -2.64. The lowest BCUT2D eigenvalue weighted by Crippen LogP contribution is -2.66. The van der Waals surface area contributed by atoms with Crippen LogP contribution in [0, 0.1) is 0 Å². The molecule has 0 aliphatic rings. The number of carboxylic acids is 2. The maximum atomic E-state index is 11.5. The highest BCUT2D eigenvalue weighted by Gasteiger charge is 2.65. The molecule has 0 aliphatic heterocycles. The van der Waals surface area contributed by atoms with Gasteiger partial charge < -0.3 is 19.7 Å². The van der Waals surface area contributed by atoms with E-state index in [2.05, 4.69) is 22.6 Å². The van der Waals surface area contributed by atoms with Crippen LogP contribution in [-0.2, 0) is 28.7 Å². The second kappa shape index (κ2) is 7.07. The second-order valence-corrected chi connectivity index (χ2v) is 3.68. The number of rotatable bonds is 11. The molecular formula is C12H14O8. The lowest BCUT2D eigenvalue weighted by Gasteiger charge is -2.40. The monoisotopic (exact) mass is 286 g/mol. The predicted octanol–water partition coefficient (Wildman–Crippen LogP) is 0.131. The third kappa shape index (κ3) is 2.68. The molecule has 0 rings (SSSR count). The first-order chi connectivity index (χ1) is 9.38. The molecule has 0 bridgehead atoms. The van der Waals surface area contributed by atoms with Gasteiger partial charge in [0.05, 0.1) is 0 Å². The van der Waals surface area contributed by atoms with E-state index in [4.69, 9.17) is 0 Å². The van der Waals surface area contributed by atoms with Crippen molar-refractivity contribution in [2.24, 2.45) is 0 Å². The smallest absolute Gasteiger partial charge is 0.353 e. The molecule has 0 fully saturated rings. The zero-order valence-corrected chi connectivity index (χ0v) is 10.5. The van der Waals surface area contributed by atoms with Gasteiger partial charge in [0.2, 0.25) is 0 Å². The summed E-state index contributed by atoms with van der Waals surface area (Å²) in [6.07, 6.45) is 0.892. The van der Waals surface area contributed by atoms with Crippen molar-refractivity contribution in [2.45, 2.75) is 24.0 Å². The van der Waals surface area contributed by atoms with Gasteiger partial charge in [-0.05, 0) is 0 Å². The van der Waals surface area contributed by atoms with Crippen molar-refractivity contribution < 1.29 is 38.9 Å². The van der Waals surface area contributed by atoms with Crippen LogP contribution in [0.5, 0.6) is 0 Å². The zero-order chi connectivity index (χ0) is 15.8. The average Bonchev–Trinajstić information content (AvgIpc) is 2.37. The summed E-state index contributed by atoms with van der Waals surface area (Å²) in [6.45, 7) is 6.10. The van der Waals surface area contributed by atoms with E-state index in [1.807, 2.05) is 0 Å². The minimum Gasteiger partial charge on any atom is -0.478 e. The largest absolute Gasteiger partial charge is 0.478 e. The van der Waals surface area contributed by atoms with Gasteiger partial charge in [-0.15, -0.1) is 13.2 Å². The van der Waals surface area contributed by atoms with E-state index in [0.717, 1.165) is 12.2 Å². The summed E-state index contributed by atoms with van der Waals surface area (Å²) < 4.78 is 9.00. The van der Waals surface area contributed by atoms with E-state index in [1.165, 1.54) is 0 Å². The number of hydrogen-bond acceptors (Lipinski definition) is 6. The molecule has 0 radical (unpaired) electrons. The Balaban J connectivity index is 6.33. The normalized spacial score (nSPS) is 15.8. The van der Waals surface area contributed by atoms with Crippen LogP contribution in [0.25, 0.3) is 0 Å². The molecule has 2 N–H and O–H groups in total. The van der Waals surface area contributed by atoms with Crippen molar-refractivity contribution in [1.29, 1.82) is 0 Å². The summed E-state index contributed by atoms with van der Waals surface area (Å²) in [5, 5.41) is 18.6. The number of carbonyl (C=O) groups excluding carboxylic acids is 2. The minimum absolute atomic E-state index is 0.230. The van der Waals surface area contributed by atoms with Crippen LogP contribution >= 0.6 is 0 Å². The first kappa shape index (κ1) is 17.4. The summed E-state index contributed by atoms with van der Waals surface area (Å²) >= 11 is 0. The highest BCUT2D eigenvalue weighted by atomic mass is 16.6. The van der Waals surface area contributed by atoms with Crippen LogP contribution in [-0.4, -0.2) is 46.3 Å². The molecule has 0 saturated carbocycles. The first-order valence-corrected chi connectivity index (χ1v) is 5.30. The molecule has 0 aromatic heterocycles. The number of hydrogen-bond donors (Lipinski definition) is 2. The summed E-state index contributed by atoms with van der Waals surface area (Å²) in [7, 11) is 0. The molecule has 110 valence electrons. The maximum Gasteiger partial charge on any atom is 0.353 e. The topological polar surface area (TPSA) is 127 Å². The molecule has 2 atom stereocenters. The fraction of sp³-hybridized carbons (Fsp3) is 0.333. The molecule has 0 amide bonds. The summed E-state index contributed by atoms with van der Waals surface area (Å²) in [5.41, 5.74) is -5.31. The fourth-order valence-electron chi connectivity index (χ4n) is 1.81. The van der Waals surface area contributed by atoms with Gasteiger partial charge in [-0.2, -0.15) is 0 Å². The van der Waals surface area contributed by atoms with Gasteiger partial charge in [-0.3, -0.25) is 9.59 Å². The Morgan fingerprint density at radius 3 is 1.35 bits per heavy atom. The quantitative estimate of drug-likeness (QED) is 0.405. The van der Waals surface area contributed by atoms with Gasteiger partial charge in [-0.1, -0.05) is 12.2 Å². The Bertz CT molecular complexity index is 365. The van der Waals surface area contributed by atoms with Crippen molar-refractivity contribution in [3.63, 3.8) is 0 Å². The Morgan fingerprint density at radius 2 is 1.20 bits per heavy atom. The van der Waals surface area contributed by atoms with Crippen LogP contribution in [0.3, 0.4) is 0 Å². The number of aliphatic carboxylic acids is 2. The summed E-state index contributed by atoms with van der Waals surface area (Å²) in [4.78, 5) is 44.1. The predicted molar refractivity (Wildman–Crippen MR) is 64.7 cm³/mol. The van der Waals surface area contributed by atoms with Gasteiger partial charge in [-0.25, -0.2) is 9.59 Å². The van der Waals surface area contributed by atoms with Gasteiger partial charge in [0.25, 0.3) is 24.1 Å². The first-order valence-electron chi connectivity index (χ1n) is 5.30. The van der Waals surface area contributed by atoms with Gasteiger partial charge in [0.1, 0.15) is 0 Å². The van der Waals surface area contributed by atoms with Crippen molar-refractivity contribution in [3.8, 4) is 0 Å². The van der Waals surface area contributed by atoms with Gasteiger partial charge >= 0.3 is 11.9 Å². The second-order valence-electron chi connectivity index (χ2n) is 3.68. The van der Waals surface area contributed by atoms with E-state index >= 15 is 0 Å². The van der Waals surface area contributed by atoms with E-state index in [0.29, 0.717) is 0 Å². The fourth-order valence-corrected chi connectivity index (χ4v) is 1.81. The standard InChI is InChI=1S/C12H14O8/c1-3-5-11(9(15)16,19-7-13)12(6-4-2,10(17)18)20-8-14/h3-4,7-8H,1-2,5-6H2,(H,15,16)(H,17,18). The number of carboxylic acid groups (broad SMARTS) is 2. The van der Waals surface area contributed by atoms with Crippen LogP contribution in [0.1, 0.15) is 12.8 Å². The Labute approximate surface area is 114 Å². The summed E-state index contributed by atoms with van der Waals surface area (Å²) in [5.74, 6) is -3.59. The summed E-state index contributed by atoms with van der Waals surface area (Å²) in [6, 6.07) is 0. The molecule has 2 unspecified atom stereocenters. The number of carbonyl (C=O) groups is 4. The zero-order valence-electron chi connectivity index (χ0n) is 10.5. The van der Waals surface area contributed by atoms with E-state index < -0.39 is 36.0 Å². The van der Waals surface area contributed by atoms with Crippen molar-refractivity contribution in [1.82, 2.24) is 0 Å². The highest BCUT2D eigenvalue weighted by molar-refractivity contribution is 5.93. The van der Waals surface area contributed by atoms with Crippen molar-refractivity contribution in [2.75, 3.05) is 0 Å². The maximum absolute atomic E-state index is 11.5. The third-order valence-corrected chi connectivity index (χ3v) is 2.71. The Morgan fingerprint density at radius 1 is 0.900 bits per heavy atom. The molecule has 8 heteroatoms. The lowest BCUT2D eigenvalue weighted by atomic mass is 9.77. The lowest BCUT2D eigenvalue weighted by molar-refractivity contribution is -0.219. The molecule has 0 aliphatic carbocycles.